The molecule has 0 atom stereocenters. The number of rotatable bonds is 10. The van der Waals surface area contributed by atoms with E-state index < -0.39 is 0 Å². The summed E-state index contributed by atoms with van der Waals surface area (Å²) in [6.07, 6.45) is 1.71. The standard InChI is InChI=1S/C27H28ClN3O4S/c1-5-33-21-14-18(15-22(34-6-2)25(21)35-7-3)26(32)31(16-19-10-8-9-13-29-19)27-30-24-17(4)20(28)11-12-23(24)36-27/h8-15H,5-7,16H2,1-4H3. The molecule has 0 aliphatic rings. The molecule has 0 aliphatic carbocycles. The summed E-state index contributed by atoms with van der Waals surface area (Å²) in [5.74, 6) is 1.14. The van der Waals surface area contributed by atoms with E-state index in [-0.39, 0.29) is 12.5 Å². The highest BCUT2D eigenvalue weighted by molar-refractivity contribution is 7.22. The number of carbonyl (C=O) groups is 1. The Morgan fingerprint density at radius 1 is 1.00 bits per heavy atom. The zero-order chi connectivity index (χ0) is 25.7. The molecule has 0 N–H and O–H groups in total. The van der Waals surface area contributed by atoms with Crippen molar-refractivity contribution in [3.63, 3.8) is 0 Å². The number of pyridine rings is 1. The summed E-state index contributed by atoms with van der Waals surface area (Å²) in [6, 6.07) is 12.8. The molecule has 0 bridgehead atoms. The van der Waals surface area contributed by atoms with Crippen LogP contribution in [-0.4, -0.2) is 35.7 Å². The van der Waals surface area contributed by atoms with E-state index in [0.29, 0.717) is 52.8 Å². The Hall–Kier alpha value is -3.36. The van der Waals surface area contributed by atoms with Gasteiger partial charge in [-0.3, -0.25) is 14.7 Å². The van der Waals surface area contributed by atoms with Gasteiger partial charge in [0, 0.05) is 16.8 Å². The van der Waals surface area contributed by atoms with Gasteiger partial charge in [-0.1, -0.05) is 29.0 Å². The molecule has 9 heteroatoms. The number of nitrogens with zero attached hydrogens (tertiary/aromatic N) is 3. The maximum Gasteiger partial charge on any atom is 0.260 e. The van der Waals surface area contributed by atoms with Crippen LogP contribution in [0.5, 0.6) is 17.2 Å². The minimum Gasteiger partial charge on any atom is -0.490 e. The summed E-state index contributed by atoms with van der Waals surface area (Å²) < 4.78 is 18.4. The number of anilines is 1. The van der Waals surface area contributed by atoms with Crippen LogP contribution in [0.1, 0.15) is 42.4 Å². The number of fused-ring (bicyclic) bond motifs is 1. The first-order valence-electron chi connectivity index (χ1n) is 11.8. The minimum atomic E-state index is -0.256. The Morgan fingerprint density at radius 3 is 2.31 bits per heavy atom. The normalized spacial score (nSPS) is 10.9. The monoisotopic (exact) mass is 525 g/mol. The van der Waals surface area contributed by atoms with Gasteiger partial charge in [-0.05, 0) is 69.7 Å². The summed E-state index contributed by atoms with van der Waals surface area (Å²) >= 11 is 7.76. The molecule has 1 amide bonds. The van der Waals surface area contributed by atoms with Gasteiger partial charge in [-0.2, -0.15) is 0 Å². The van der Waals surface area contributed by atoms with Crippen molar-refractivity contribution in [2.24, 2.45) is 0 Å². The van der Waals surface area contributed by atoms with Gasteiger partial charge in [0.05, 0.1) is 42.3 Å². The van der Waals surface area contributed by atoms with Crippen molar-refractivity contribution in [2.75, 3.05) is 24.7 Å². The maximum absolute atomic E-state index is 14.0. The molecule has 4 aromatic rings. The van der Waals surface area contributed by atoms with Gasteiger partial charge in [0.15, 0.2) is 16.6 Å². The van der Waals surface area contributed by atoms with Crippen molar-refractivity contribution >= 4 is 44.2 Å². The number of halogens is 1. The van der Waals surface area contributed by atoms with Crippen LogP contribution in [0.3, 0.4) is 0 Å². The number of thiazole rings is 1. The molecule has 0 saturated heterocycles. The molecule has 2 heterocycles. The highest BCUT2D eigenvalue weighted by Gasteiger charge is 2.26. The number of aryl methyl sites for hydroxylation is 1. The minimum absolute atomic E-state index is 0.243. The molecule has 0 aliphatic heterocycles. The highest BCUT2D eigenvalue weighted by Crippen LogP contribution is 2.40. The molecule has 0 unspecified atom stereocenters. The third-order valence-corrected chi connectivity index (χ3v) is 6.87. The fourth-order valence-electron chi connectivity index (χ4n) is 3.75. The Labute approximate surface area is 219 Å². The zero-order valence-electron chi connectivity index (χ0n) is 20.7. The third-order valence-electron chi connectivity index (χ3n) is 5.41. The summed E-state index contributed by atoms with van der Waals surface area (Å²) in [6.45, 7) is 9.09. The maximum atomic E-state index is 14.0. The van der Waals surface area contributed by atoms with Crippen LogP contribution < -0.4 is 19.1 Å². The molecule has 0 saturated carbocycles. The Bertz CT molecular complexity index is 1330. The third kappa shape index (κ3) is 5.39. The SMILES string of the molecule is CCOc1cc(C(=O)N(Cc2ccccn2)c2nc3c(C)c(Cl)ccc3s2)cc(OCC)c1OCC. The van der Waals surface area contributed by atoms with Crippen LogP contribution in [0.25, 0.3) is 10.2 Å². The molecular formula is C27H28ClN3O4S. The lowest BCUT2D eigenvalue weighted by Crippen LogP contribution is -2.30. The number of hydrogen-bond acceptors (Lipinski definition) is 7. The van der Waals surface area contributed by atoms with E-state index in [0.717, 1.165) is 21.5 Å². The van der Waals surface area contributed by atoms with E-state index in [4.69, 9.17) is 30.8 Å². The van der Waals surface area contributed by atoms with E-state index in [1.54, 1.807) is 23.2 Å². The largest absolute Gasteiger partial charge is 0.490 e. The van der Waals surface area contributed by atoms with Gasteiger partial charge in [-0.25, -0.2) is 4.98 Å². The topological polar surface area (TPSA) is 73.8 Å². The number of benzene rings is 2. The van der Waals surface area contributed by atoms with Crippen LogP contribution in [0, 0.1) is 6.92 Å². The first-order valence-corrected chi connectivity index (χ1v) is 13.0. The predicted molar refractivity (Wildman–Crippen MR) is 144 cm³/mol. The number of amides is 1. The second-order valence-electron chi connectivity index (χ2n) is 7.83. The van der Waals surface area contributed by atoms with Gasteiger partial charge in [0.25, 0.3) is 5.91 Å². The number of ether oxygens (including phenoxy) is 3. The van der Waals surface area contributed by atoms with Crippen LogP contribution in [0.4, 0.5) is 5.13 Å². The van der Waals surface area contributed by atoms with Crippen molar-refractivity contribution in [3.8, 4) is 17.2 Å². The van der Waals surface area contributed by atoms with E-state index in [2.05, 4.69) is 4.98 Å². The van der Waals surface area contributed by atoms with Gasteiger partial charge < -0.3 is 14.2 Å². The first kappa shape index (κ1) is 25.7. The van der Waals surface area contributed by atoms with E-state index in [9.17, 15) is 4.79 Å². The van der Waals surface area contributed by atoms with Gasteiger partial charge in [-0.15, -0.1) is 0 Å². The quantitative estimate of drug-likeness (QED) is 0.229. The molecule has 2 aromatic heterocycles. The highest BCUT2D eigenvalue weighted by atomic mass is 35.5. The summed E-state index contributed by atoms with van der Waals surface area (Å²) in [7, 11) is 0. The van der Waals surface area contributed by atoms with E-state index in [1.807, 2.05) is 58.0 Å². The zero-order valence-corrected chi connectivity index (χ0v) is 22.3. The molecule has 0 radical (unpaired) electrons. The lowest BCUT2D eigenvalue weighted by molar-refractivity contribution is 0.0983. The summed E-state index contributed by atoms with van der Waals surface area (Å²) in [5, 5.41) is 1.19. The molecule has 0 fully saturated rings. The molecule has 36 heavy (non-hydrogen) atoms. The fraction of sp³-hybridized carbons (Fsp3) is 0.296. The molecule has 2 aromatic carbocycles. The van der Waals surface area contributed by atoms with Crippen molar-refractivity contribution in [2.45, 2.75) is 34.2 Å². The van der Waals surface area contributed by atoms with Crippen LogP contribution in [-0.2, 0) is 6.54 Å². The fourth-order valence-corrected chi connectivity index (χ4v) is 4.93. The smallest absolute Gasteiger partial charge is 0.260 e. The average Bonchev–Trinajstić information content (AvgIpc) is 3.32. The van der Waals surface area contributed by atoms with Gasteiger partial charge in [0.1, 0.15) is 0 Å². The van der Waals surface area contributed by atoms with Crippen molar-refractivity contribution in [1.29, 1.82) is 0 Å². The Balaban J connectivity index is 1.83. The number of aromatic nitrogens is 2. The first-order chi connectivity index (χ1) is 17.5. The van der Waals surface area contributed by atoms with Crippen molar-refractivity contribution in [3.05, 3.63) is 70.5 Å². The Morgan fingerprint density at radius 2 is 1.69 bits per heavy atom. The van der Waals surface area contributed by atoms with E-state index in [1.165, 1.54) is 11.3 Å². The van der Waals surface area contributed by atoms with Gasteiger partial charge in [0.2, 0.25) is 5.75 Å². The van der Waals surface area contributed by atoms with Crippen molar-refractivity contribution in [1.82, 2.24) is 9.97 Å². The van der Waals surface area contributed by atoms with Crippen LogP contribution in [0.15, 0.2) is 48.7 Å². The van der Waals surface area contributed by atoms with E-state index >= 15 is 0 Å². The summed E-state index contributed by atoms with van der Waals surface area (Å²) in [4.78, 5) is 24.9. The second kappa shape index (κ2) is 11.6. The van der Waals surface area contributed by atoms with Crippen molar-refractivity contribution < 1.29 is 19.0 Å². The number of hydrogen-bond donors (Lipinski definition) is 0. The molecule has 7 nitrogen and oxygen atoms in total. The lowest BCUT2D eigenvalue weighted by atomic mass is 10.1. The lowest BCUT2D eigenvalue weighted by Gasteiger charge is -2.22. The number of carbonyl (C=O) groups excluding carboxylic acids is 1. The second-order valence-corrected chi connectivity index (χ2v) is 9.24. The molecule has 0 spiro atoms. The summed E-state index contributed by atoms with van der Waals surface area (Å²) in [5.41, 5.74) is 2.79. The predicted octanol–water partition coefficient (Wildman–Crippen LogP) is 6.70. The van der Waals surface area contributed by atoms with Crippen LogP contribution >= 0.6 is 22.9 Å². The molecule has 4 rings (SSSR count). The van der Waals surface area contributed by atoms with Crippen LogP contribution in [0.2, 0.25) is 5.02 Å². The Kier molecular flexibility index (Phi) is 8.28. The van der Waals surface area contributed by atoms with Gasteiger partial charge >= 0.3 is 0 Å². The molecule has 188 valence electrons. The average molecular weight is 526 g/mol. The molecular weight excluding hydrogens is 498 g/mol.